The first-order chi connectivity index (χ1) is 8.81. The maximum atomic E-state index is 3.19. The highest BCUT2D eigenvalue weighted by atomic mass is 32.1. The summed E-state index contributed by atoms with van der Waals surface area (Å²) in [4.78, 5) is 2.42. The molecule has 0 saturated carbocycles. The number of rotatable bonds is 7. The topological polar surface area (TPSA) is 15.3 Å². The fourth-order valence-electron chi connectivity index (χ4n) is 2.18. The highest BCUT2D eigenvalue weighted by Crippen LogP contribution is 2.25. The van der Waals surface area contributed by atoms with Crippen LogP contribution in [0.25, 0.3) is 10.1 Å². The van der Waals surface area contributed by atoms with Gasteiger partial charge in [0.05, 0.1) is 0 Å². The van der Waals surface area contributed by atoms with Crippen molar-refractivity contribution in [1.82, 2.24) is 10.2 Å². The molecule has 0 aliphatic rings. The third kappa shape index (κ3) is 3.55. The van der Waals surface area contributed by atoms with Gasteiger partial charge in [0.15, 0.2) is 0 Å². The largest absolute Gasteiger partial charge is 0.320 e. The van der Waals surface area contributed by atoms with Gasteiger partial charge in [-0.3, -0.25) is 0 Å². The van der Waals surface area contributed by atoms with Gasteiger partial charge in [-0.15, -0.1) is 11.3 Å². The van der Waals surface area contributed by atoms with Crippen molar-refractivity contribution in [1.29, 1.82) is 0 Å². The lowest BCUT2D eigenvalue weighted by Crippen LogP contribution is -2.24. The average Bonchev–Trinajstić information content (AvgIpc) is 2.80. The van der Waals surface area contributed by atoms with Crippen LogP contribution in [0.3, 0.4) is 0 Å². The van der Waals surface area contributed by atoms with E-state index in [2.05, 4.69) is 46.9 Å². The first-order valence-corrected chi connectivity index (χ1v) is 7.47. The Morgan fingerprint density at radius 3 is 2.89 bits per heavy atom. The lowest BCUT2D eigenvalue weighted by Gasteiger charge is -2.16. The fraction of sp³-hybridized carbons (Fsp3) is 0.467. The number of fused-ring (bicyclic) bond motifs is 1. The number of likely N-dealkylation sites (N-methyl/N-ethyl adjacent to an activating group) is 1. The summed E-state index contributed by atoms with van der Waals surface area (Å²) in [5, 5.41) is 6.94. The molecule has 0 fully saturated rings. The summed E-state index contributed by atoms with van der Waals surface area (Å²) >= 11 is 1.86. The van der Waals surface area contributed by atoms with Gasteiger partial charge in [-0.1, -0.05) is 18.2 Å². The zero-order chi connectivity index (χ0) is 12.8. The molecular weight excluding hydrogens is 240 g/mol. The van der Waals surface area contributed by atoms with Crippen LogP contribution in [0.5, 0.6) is 0 Å². The Bertz CT molecular complexity index is 478. The summed E-state index contributed by atoms with van der Waals surface area (Å²) in [7, 11) is 4.22. The number of hydrogen-bond acceptors (Lipinski definition) is 3. The zero-order valence-electron chi connectivity index (χ0n) is 11.3. The van der Waals surface area contributed by atoms with Crippen molar-refractivity contribution in [2.24, 2.45) is 0 Å². The van der Waals surface area contributed by atoms with Crippen molar-refractivity contribution >= 4 is 21.4 Å². The van der Waals surface area contributed by atoms with Gasteiger partial charge in [0.1, 0.15) is 0 Å². The van der Waals surface area contributed by atoms with Crippen LogP contribution in [0.1, 0.15) is 12.0 Å². The van der Waals surface area contributed by atoms with E-state index >= 15 is 0 Å². The van der Waals surface area contributed by atoms with E-state index in [9.17, 15) is 0 Å². The van der Waals surface area contributed by atoms with Crippen LogP contribution in [0, 0.1) is 0 Å². The van der Waals surface area contributed by atoms with Gasteiger partial charge in [0.2, 0.25) is 0 Å². The Balaban J connectivity index is 1.86. The van der Waals surface area contributed by atoms with Crippen LogP contribution in [-0.2, 0) is 6.42 Å². The molecule has 1 aromatic heterocycles. The molecule has 0 radical (unpaired) electrons. The SMILES string of the molecule is CNCCCN(C)CCc1csc2ccccc12. The van der Waals surface area contributed by atoms with Crippen LogP contribution < -0.4 is 5.32 Å². The quantitative estimate of drug-likeness (QED) is 0.772. The molecule has 2 rings (SSSR count). The highest BCUT2D eigenvalue weighted by molar-refractivity contribution is 7.17. The molecule has 18 heavy (non-hydrogen) atoms. The van der Waals surface area contributed by atoms with Crippen LogP contribution in [0.15, 0.2) is 29.6 Å². The molecule has 0 saturated heterocycles. The van der Waals surface area contributed by atoms with Crippen LogP contribution in [0.4, 0.5) is 0 Å². The summed E-state index contributed by atoms with van der Waals surface area (Å²) in [6.07, 6.45) is 2.37. The molecule has 3 heteroatoms. The lowest BCUT2D eigenvalue weighted by molar-refractivity contribution is 0.333. The number of hydrogen-bond donors (Lipinski definition) is 1. The van der Waals surface area contributed by atoms with Crippen LogP contribution in [0.2, 0.25) is 0 Å². The van der Waals surface area contributed by atoms with Crippen molar-refractivity contribution in [2.75, 3.05) is 33.7 Å². The third-order valence-electron chi connectivity index (χ3n) is 3.29. The molecule has 0 aliphatic heterocycles. The number of thiophene rings is 1. The molecule has 1 N–H and O–H groups in total. The van der Waals surface area contributed by atoms with Crippen molar-refractivity contribution in [3.8, 4) is 0 Å². The zero-order valence-corrected chi connectivity index (χ0v) is 12.1. The smallest absolute Gasteiger partial charge is 0.0345 e. The molecule has 0 amide bonds. The van der Waals surface area contributed by atoms with Crippen molar-refractivity contribution < 1.29 is 0 Å². The van der Waals surface area contributed by atoms with Crippen molar-refractivity contribution in [3.05, 3.63) is 35.2 Å². The molecule has 0 unspecified atom stereocenters. The number of nitrogens with one attached hydrogen (secondary N) is 1. The third-order valence-corrected chi connectivity index (χ3v) is 4.30. The maximum absolute atomic E-state index is 3.19. The van der Waals surface area contributed by atoms with Gasteiger partial charge >= 0.3 is 0 Å². The van der Waals surface area contributed by atoms with Crippen molar-refractivity contribution in [2.45, 2.75) is 12.8 Å². The van der Waals surface area contributed by atoms with Gasteiger partial charge in [-0.25, -0.2) is 0 Å². The Kier molecular flexibility index (Phi) is 5.17. The van der Waals surface area contributed by atoms with E-state index < -0.39 is 0 Å². The Morgan fingerprint density at radius 2 is 2.06 bits per heavy atom. The molecule has 0 atom stereocenters. The van der Waals surface area contributed by atoms with E-state index in [0.29, 0.717) is 0 Å². The predicted octanol–water partition coefficient (Wildman–Crippen LogP) is 2.99. The minimum absolute atomic E-state index is 1.10. The molecule has 0 aliphatic carbocycles. The summed E-state index contributed by atoms with van der Waals surface area (Å²) in [5.74, 6) is 0. The van der Waals surface area contributed by atoms with Crippen LogP contribution >= 0.6 is 11.3 Å². The van der Waals surface area contributed by atoms with Crippen LogP contribution in [-0.4, -0.2) is 38.6 Å². The predicted molar refractivity (Wildman–Crippen MR) is 81.6 cm³/mol. The van der Waals surface area contributed by atoms with E-state index in [1.807, 2.05) is 18.4 Å². The molecule has 98 valence electrons. The first kappa shape index (κ1) is 13.5. The molecule has 0 bridgehead atoms. The number of benzene rings is 1. The Labute approximate surface area is 114 Å². The van der Waals surface area contributed by atoms with Gasteiger partial charge in [0, 0.05) is 11.2 Å². The summed E-state index contributed by atoms with van der Waals surface area (Å²) in [6, 6.07) is 8.70. The van der Waals surface area contributed by atoms with Gasteiger partial charge in [0.25, 0.3) is 0 Å². The second kappa shape index (κ2) is 6.88. The van der Waals surface area contributed by atoms with E-state index in [-0.39, 0.29) is 0 Å². The second-order valence-corrected chi connectivity index (χ2v) is 5.68. The van der Waals surface area contributed by atoms with E-state index in [0.717, 1.165) is 19.5 Å². The molecule has 1 aromatic carbocycles. The average molecular weight is 262 g/mol. The highest BCUT2D eigenvalue weighted by Gasteiger charge is 2.04. The van der Waals surface area contributed by atoms with Gasteiger partial charge in [-0.2, -0.15) is 0 Å². The fourth-order valence-corrected chi connectivity index (χ4v) is 3.17. The molecule has 1 heterocycles. The number of nitrogens with zero attached hydrogens (tertiary/aromatic N) is 1. The minimum atomic E-state index is 1.10. The molecule has 2 aromatic rings. The molecule has 0 spiro atoms. The van der Waals surface area contributed by atoms with Crippen molar-refractivity contribution in [3.63, 3.8) is 0 Å². The van der Waals surface area contributed by atoms with Gasteiger partial charge < -0.3 is 10.2 Å². The van der Waals surface area contributed by atoms with E-state index in [4.69, 9.17) is 0 Å². The van der Waals surface area contributed by atoms with E-state index in [1.54, 1.807) is 0 Å². The molecular formula is C15H22N2S. The Hall–Kier alpha value is -0.900. The first-order valence-electron chi connectivity index (χ1n) is 6.59. The minimum Gasteiger partial charge on any atom is -0.320 e. The maximum Gasteiger partial charge on any atom is 0.0345 e. The van der Waals surface area contributed by atoms with E-state index in [1.165, 1.54) is 28.6 Å². The standard InChI is InChI=1S/C15H22N2S/c1-16-9-5-10-17(2)11-8-13-12-18-15-7-4-3-6-14(13)15/h3-4,6-7,12,16H,5,8-11H2,1-2H3. The normalized spacial score (nSPS) is 11.5. The Morgan fingerprint density at radius 1 is 1.22 bits per heavy atom. The summed E-state index contributed by atoms with van der Waals surface area (Å²) in [6.45, 7) is 3.42. The second-order valence-electron chi connectivity index (χ2n) is 4.77. The molecule has 2 nitrogen and oxygen atoms in total. The summed E-state index contributed by atoms with van der Waals surface area (Å²) < 4.78 is 1.41. The lowest BCUT2D eigenvalue weighted by atomic mass is 10.1. The summed E-state index contributed by atoms with van der Waals surface area (Å²) in [5.41, 5.74) is 1.50. The monoisotopic (exact) mass is 262 g/mol. The van der Waals surface area contributed by atoms with Gasteiger partial charge in [-0.05, 0) is 62.4 Å².